The van der Waals surface area contributed by atoms with Gasteiger partial charge < -0.3 is 15.4 Å². The number of halogens is 1. The molecular weight excluding hydrogens is 256 g/mol. The third-order valence-electron chi connectivity index (χ3n) is 2.53. The van der Waals surface area contributed by atoms with Gasteiger partial charge in [-0.1, -0.05) is 0 Å². The van der Waals surface area contributed by atoms with Gasteiger partial charge in [-0.05, 0) is 33.6 Å². The van der Waals surface area contributed by atoms with Crippen molar-refractivity contribution in [2.45, 2.75) is 45.3 Å². The van der Waals surface area contributed by atoms with Gasteiger partial charge >= 0.3 is 6.09 Å². The van der Waals surface area contributed by atoms with E-state index in [2.05, 4.69) is 9.83 Å². The molecule has 104 valence electrons. The van der Waals surface area contributed by atoms with E-state index in [9.17, 15) is 4.79 Å². The van der Waals surface area contributed by atoms with Crippen LogP contribution in [0.5, 0.6) is 0 Å². The molecule has 0 saturated carbocycles. The molecule has 0 bridgehead atoms. The Bertz CT molecular complexity index is 319. The van der Waals surface area contributed by atoms with E-state index in [0.717, 1.165) is 12.8 Å². The number of guanidine groups is 1. The van der Waals surface area contributed by atoms with Crippen molar-refractivity contribution in [1.29, 1.82) is 0 Å². The first-order valence-corrected chi connectivity index (χ1v) is 6.37. The Kier molecular flexibility index (Phi) is 5.07. The Balaban J connectivity index is 2.42. The summed E-state index contributed by atoms with van der Waals surface area (Å²) in [5.74, 6) is 0.215. The maximum atomic E-state index is 11.8. The molecule has 1 heterocycles. The van der Waals surface area contributed by atoms with E-state index in [1.54, 1.807) is 4.90 Å². The average Bonchev–Trinajstić information content (AvgIpc) is 2.27. The quantitative estimate of drug-likeness (QED) is 0.431. The van der Waals surface area contributed by atoms with E-state index >= 15 is 0 Å². The lowest BCUT2D eigenvalue weighted by Gasteiger charge is -2.32. The molecule has 0 radical (unpaired) electrons. The van der Waals surface area contributed by atoms with E-state index in [4.69, 9.17) is 22.2 Å². The third kappa shape index (κ3) is 5.00. The molecule has 0 spiro atoms. The third-order valence-corrected chi connectivity index (χ3v) is 2.73. The number of amides is 1. The van der Waals surface area contributed by atoms with Crippen molar-refractivity contribution in [2.75, 3.05) is 13.1 Å². The largest absolute Gasteiger partial charge is 0.444 e. The highest BCUT2D eigenvalue weighted by Gasteiger charge is 2.26. The van der Waals surface area contributed by atoms with Crippen LogP contribution in [0.15, 0.2) is 4.99 Å². The number of carbonyl (C=O) groups is 1. The van der Waals surface area contributed by atoms with Gasteiger partial charge in [0.15, 0.2) is 0 Å². The van der Waals surface area contributed by atoms with Crippen LogP contribution in [-0.4, -0.2) is 41.7 Å². The first-order valence-electron chi connectivity index (χ1n) is 5.99. The maximum absolute atomic E-state index is 11.8. The van der Waals surface area contributed by atoms with Crippen molar-refractivity contribution in [2.24, 2.45) is 10.7 Å². The smallest absolute Gasteiger partial charge is 0.410 e. The number of piperidine rings is 1. The van der Waals surface area contributed by atoms with Crippen molar-refractivity contribution in [1.82, 2.24) is 9.74 Å². The monoisotopic (exact) mass is 276 g/mol. The Hall–Kier alpha value is -1.17. The molecule has 1 saturated heterocycles. The average molecular weight is 277 g/mol. The summed E-state index contributed by atoms with van der Waals surface area (Å²) in [6.07, 6.45) is 1.25. The standard InChI is InChI=1S/C11H21ClN4O2/c1-11(2,3)18-10(17)16-6-4-8(5-7-16)14-9(13)15-12/h8H,4-7H2,1-3H3,(H3,13,14,15). The van der Waals surface area contributed by atoms with Crippen LogP contribution in [0.25, 0.3) is 0 Å². The van der Waals surface area contributed by atoms with Crippen molar-refractivity contribution >= 4 is 23.8 Å². The fourth-order valence-electron chi connectivity index (χ4n) is 1.73. The van der Waals surface area contributed by atoms with Gasteiger partial charge in [0.1, 0.15) is 5.60 Å². The zero-order valence-electron chi connectivity index (χ0n) is 11.1. The zero-order valence-corrected chi connectivity index (χ0v) is 11.8. The molecule has 1 fully saturated rings. The molecule has 1 rings (SSSR count). The Morgan fingerprint density at radius 2 is 2.00 bits per heavy atom. The van der Waals surface area contributed by atoms with Crippen LogP contribution in [0.3, 0.4) is 0 Å². The van der Waals surface area contributed by atoms with Crippen LogP contribution < -0.4 is 10.6 Å². The topological polar surface area (TPSA) is 80.0 Å². The van der Waals surface area contributed by atoms with Crippen LogP contribution in [0.4, 0.5) is 4.79 Å². The van der Waals surface area contributed by atoms with Crippen LogP contribution in [0, 0.1) is 0 Å². The number of ether oxygens (including phenoxy) is 1. The zero-order chi connectivity index (χ0) is 13.8. The molecule has 1 amide bonds. The number of likely N-dealkylation sites (tertiary alicyclic amines) is 1. The van der Waals surface area contributed by atoms with E-state index in [0.29, 0.717) is 13.1 Å². The molecule has 0 unspecified atom stereocenters. The predicted octanol–water partition coefficient (Wildman–Crippen LogP) is 1.44. The van der Waals surface area contributed by atoms with E-state index in [-0.39, 0.29) is 18.1 Å². The number of nitrogens with zero attached hydrogens (tertiary/aromatic N) is 2. The molecule has 18 heavy (non-hydrogen) atoms. The summed E-state index contributed by atoms with van der Waals surface area (Å²) in [6.45, 7) is 6.82. The number of carbonyl (C=O) groups excluding carboxylic acids is 1. The Morgan fingerprint density at radius 3 is 2.44 bits per heavy atom. The first kappa shape index (κ1) is 14.9. The minimum Gasteiger partial charge on any atom is -0.444 e. The van der Waals surface area contributed by atoms with Gasteiger partial charge in [0, 0.05) is 24.9 Å². The molecular formula is C11H21ClN4O2. The van der Waals surface area contributed by atoms with Gasteiger partial charge in [-0.25, -0.2) is 9.79 Å². The van der Waals surface area contributed by atoms with Crippen LogP contribution in [0.2, 0.25) is 0 Å². The minimum atomic E-state index is -0.459. The number of hydrogen-bond acceptors (Lipinski definition) is 3. The van der Waals surface area contributed by atoms with Crippen molar-refractivity contribution in [3.63, 3.8) is 0 Å². The molecule has 3 N–H and O–H groups in total. The molecule has 0 aromatic carbocycles. The second kappa shape index (κ2) is 6.13. The summed E-state index contributed by atoms with van der Waals surface area (Å²) >= 11 is 5.33. The maximum Gasteiger partial charge on any atom is 0.410 e. The summed E-state index contributed by atoms with van der Waals surface area (Å²) in [7, 11) is 0. The predicted molar refractivity (Wildman–Crippen MR) is 71.4 cm³/mol. The summed E-state index contributed by atoms with van der Waals surface area (Å²) in [5, 5.41) is 0. The number of nitrogens with two attached hydrogens (primary N) is 1. The summed E-state index contributed by atoms with van der Waals surface area (Å²) in [4.78, 5) is 20.0. The SMILES string of the molecule is CC(C)(C)OC(=O)N1CCC(N=C(N)NCl)CC1. The molecule has 7 heteroatoms. The minimum absolute atomic E-state index is 0.106. The lowest BCUT2D eigenvalue weighted by atomic mass is 10.1. The summed E-state index contributed by atoms with van der Waals surface area (Å²) < 4.78 is 5.31. The van der Waals surface area contributed by atoms with Gasteiger partial charge in [0.25, 0.3) is 0 Å². The van der Waals surface area contributed by atoms with E-state index in [1.807, 2.05) is 20.8 Å². The van der Waals surface area contributed by atoms with E-state index < -0.39 is 5.60 Å². The van der Waals surface area contributed by atoms with Gasteiger partial charge in [-0.2, -0.15) is 0 Å². The second-order valence-corrected chi connectivity index (χ2v) is 5.50. The van der Waals surface area contributed by atoms with Crippen LogP contribution in [0.1, 0.15) is 33.6 Å². The van der Waals surface area contributed by atoms with Crippen molar-refractivity contribution < 1.29 is 9.53 Å². The highest BCUT2D eigenvalue weighted by atomic mass is 35.5. The normalized spacial score (nSPS) is 18.7. The summed E-state index contributed by atoms with van der Waals surface area (Å²) in [6, 6.07) is 0.106. The Morgan fingerprint density at radius 1 is 1.44 bits per heavy atom. The Labute approximate surface area is 113 Å². The number of nitrogens with one attached hydrogen (secondary N) is 1. The fourth-order valence-corrected chi connectivity index (χ4v) is 1.77. The number of rotatable bonds is 1. The number of hydrogen-bond donors (Lipinski definition) is 2. The molecule has 0 aliphatic carbocycles. The molecule has 1 aliphatic rings. The highest BCUT2D eigenvalue weighted by molar-refractivity contribution is 6.21. The second-order valence-electron chi connectivity index (χ2n) is 5.31. The van der Waals surface area contributed by atoms with Crippen LogP contribution in [-0.2, 0) is 4.74 Å². The molecule has 0 aromatic rings. The van der Waals surface area contributed by atoms with Gasteiger partial charge in [0.2, 0.25) is 5.96 Å². The molecule has 0 atom stereocenters. The molecule has 1 aliphatic heterocycles. The van der Waals surface area contributed by atoms with Gasteiger partial charge in [-0.3, -0.25) is 4.84 Å². The summed E-state index contributed by atoms with van der Waals surface area (Å²) in [5.41, 5.74) is 5.02. The van der Waals surface area contributed by atoms with Crippen LogP contribution >= 0.6 is 11.8 Å². The van der Waals surface area contributed by atoms with E-state index in [1.165, 1.54) is 0 Å². The fraction of sp³-hybridized carbons (Fsp3) is 0.818. The lowest BCUT2D eigenvalue weighted by molar-refractivity contribution is 0.0207. The van der Waals surface area contributed by atoms with Crippen molar-refractivity contribution in [3.05, 3.63) is 0 Å². The first-order chi connectivity index (χ1) is 8.31. The number of aliphatic imine (C=N–C) groups is 1. The lowest BCUT2D eigenvalue weighted by Crippen LogP contribution is -2.43. The molecule has 0 aromatic heterocycles. The van der Waals surface area contributed by atoms with Gasteiger partial charge in [-0.15, -0.1) is 0 Å². The van der Waals surface area contributed by atoms with Gasteiger partial charge in [0.05, 0.1) is 6.04 Å². The highest BCUT2D eigenvalue weighted by Crippen LogP contribution is 2.17. The van der Waals surface area contributed by atoms with Crippen molar-refractivity contribution in [3.8, 4) is 0 Å². The molecule has 6 nitrogen and oxygen atoms in total.